The molecule has 0 atom stereocenters. The smallest absolute Gasteiger partial charge is 0.0463 e. The first-order valence-corrected chi connectivity index (χ1v) is 14.3. The summed E-state index contributed by atoms with van der Waals surface area (Å²) in [5.74, 6) is 0. The van der Waals surface area contributed by atoms with Gasteiger partial charge in [-0.2, -0.15) is 0 Å². The topological polar surface area (TPSA) is 9.72 Å². The molecule has 0 saturated heterocycles. The Morgan fingerprint density at radius 3 is 0.833 bits per heavy atom. The monoisotopic (exact) mass is 545 g/mol. The second kappa shape index (κ2) is 12.1. The van der Waals surface area contributed by atoms with Gasteiger partial charge in [0.2, 0.25) is 0 Å². The van der Waals surface area contributed by atoms with Crippen molar-refractivity contribution in [1.29, 1.82) is 0 Å². The Hall–Kier alpha value is -5.28. The van der Waals surface area contributed by atoms with Crippen molar-refractivity contribution in [2.75, 3.05) is 21.7 Å². The van der Waals surface area contributed by atoms with Gasteiger partial charge in [-0.25, -0.2) is 0 Å². The molecule has 0 N–H and O–H groups in total. The number of rotatable bonds is 8. The molecule has 3 heteroatoms. The van der Waals surface area contributed by atoms with Crippen LogP contribution in [0.5, 0.6) is 0 Å². The Kier molecular flexibility index (Phi) is 7.74. The van der Waals surface area contributed by atoms with Crippen LogP contribution < -0.4 is 14.7 Å². The maximum Gasteiger partial charge on any atom is 0.0463 e. The Morgan fingerprint density at radius 1 is 0.286 bits per heavy atom. The first-order valence-electron chi connectivity index (χ1n) is 14.3. The fourth-order valence-electron chi connectivity index (χ4n) is 5.24. The van der Waals surface area contributed by atoms with Gasteiger partial charge >= 0.3 is 0 Å². The predicted octanol–water partition coefficient (Wildman–Crippen LogP) is 11.0. The molecule has 0 unspecified atom stereocenters. The molecule has 0 aliphatic heterocycles. The molecule has 0 spiro atoms. The minimum absolute atomic E-state index is 1.12. The van der Waals surface area contributed by atoms with E-state index in [1.807, 2.05) is 0 Å². The lowest BCUT2D eigenvalue weighted by atomic mass is 10.1. The van der Waals surface area contributed by atoms with Crippen LogP contribution in [0.15, 0.2) is 158 Å². The third-order valence-corrected chi connectivity index (χ3v) is 7.60. The van der Waals surface area contributed by atoms with Crippen molar-refractivity contribution in [3.63, 3.8) is 0 Å². The van der Waals surface area contributed by atoms with Crippen molar-refractivity contribution in [3.05, 3.63) is 169 Å². The fourth-order valence-corrected chi connectivity index (χ4v) is 5.24. The molecular formula is C39H35N3. The lowest BCUT2D eigenvalue weighted by molar-refractivity contribution is 1.20. The lowest BCUT2D eigenvalue weighted by Gasteiger charge is -2.27. The van der Waals surface area contributed by atoms with E-state index in [1.54, 1.807) is 0 Å². The van der Waals surface area contributed by atoms with E-state index in [0.717, 1.165) is 45.5 Å². The molecule has 6 rings (SSSR count). The predicted molar refractivity (Wildman–Crippen MR) is 180 cm³/mol. The maximum absolute atomic E-state index is 2.29. The molecule has 6 aromatic rings. The van der Waals surface area contributed by atoms with Crippen LogP contribution >= 0.6 is 0 Å². The maximum atomic E-state index is 2.29. The number of para-hydroxylation sites is 2. The van der Waals surface area contributed by atoms with Crippen molar-refractivity contribution in [3.8, 4) is 0 Å². The van der Waals surface area contributed by atoms with E-state index in [4.69, 9.17) is 0 Å². The minimum Gasteiger partial charge on any atom is -0.345 e. The van der Waals surface area contributed by atoms with Gasteiger partial charge < -0.3 is 14.7 Å². The fraction of sp³-hybridized carbons (Fsp3) is 0.0769. The molecule has 3 nitrogen and oxygen atoms in total. The normalized spacial score (nSPS) is 10.7. The Morgan fingerprint density at radius 2 is 0.524 bits per heavy atom. The Labute approximate surface area is 249 Å². The van der Waals surface area contributed by atoms with Crippen molar-refractivity contribution in [1.82, 2.24) is 0 Å². The van der Waals surface area contributed by atoms with Gasteiger partial charge in [-0.3, -0.25) is 0 Å². The lowest BCUT2D eigenvalue weighted by Crippen LogP contribution is -2.13. The highest BCUT2D eigenvalue weighted by Gasteiger charge is 2.15. The van der Waals surface area contributed by atoms with Crippen molar-refractivity contribution in [2.24, 2.45) is 0 Å². The van der Waals surface area contributed by atoms with Crippen LogP contribution in [0, 0.1) is 13.8 Å². The van der Waals surface area contributed by atoms with Gasteiger partial charge in [0, 0.05) is 52.5 Å². The summed E-state index contributed by atoms with van der Waals surface area (Å²) < 4.78 is 0. The molecular weight excluding hydrogens is 510 g/mol. The van der Waals surface area contributed by atoms with E-state index in [2.05, 4.69) is 193 Å². The molecule has 0 aliphatic carbocycles. The summed E-state index contributed by atoms with van der Waals surface area (Å²) >= 11 is 0. The highest BCUT2D eigenvalue weighted by molar-refractivity contribution is 5.80. The van der Waals surface area contributed by atoms with Crippen molar-refractivity contribution in [2.45, 2.75) is 13.8 Å². The van der Waals surface area contributed by atoms with Crippen LogP contribution in [0.25, 0.3) is 0 Å². The van der Waals surface area contributed by atoms with E-state index >= 15 is 0 Å². The first kappa shape index (κ1) is 26.9. The van der Waals surface area contributed by atoms with E-state index < -0.39 is 0 Å². The number of nitrogens with zero attached hydrogens (tertiary/aromatic N) is 3. The van der Waals surface area contributed by atoms with Crippen LogP contribution in [0.1, 0.15) is 11.1 Å². The molecule has 0 aromatic heterocycles. The third kappa shape index (κ3) is 5.77. The molecule has 42 heavy (non-hydrogen) atoms. The van der Waals surface area contributed by atoms with E-state index in [1.165, 1.54) is 11.1 Å². The summed E-state index contributed by atoms with van der Waals surface area (Å²) in [5.41, 5.74) is 11.5. The van der Waals surface area contributed by atoms with Gasteiger partial charge in [0.05, 0.1) is 0 Å². The molecule has 0 amide bonds. The molecule has 0 aliphatic rings. The summed E-state index contributed by atoms with van der Waals surface area (Å²) in [6.07, 6.45) is 0. The van der Waals surface area contributed by atoms with Crippen LogP contribution in [-0.4, -0.2) is 7.05 Å². The molecule has 0 bridgehead atoms. The number of benzene rings is 6. The summed E-state index contributed by atoms with van der Waals surface area (Å²) in [5, 5.41) is 0. The first-order chi connectivity index (χ1) is 20.6. The third-order valence-electron chi connectivity index (χ3n) is 7.60. The summed E-state index contributed by atoms with van der Waals surface area (Å²) in [6, 6.07) is 56.0. The molecule has 0 radical (unpaired) electrons. The largest absolute Gasteiger partial charge is 0.345 e. The quantitative estimate of drug-likeness (QED) is 0.188. The van der Waals surface area contributed by atoms with Crippen LogP contribution in [0.3, 0.4) is 0 Å². The highest BCUT2D eigenvalue weighted by Crippen LogP contribution is 2.38. The van der Waals surface area contributed by atoms with Crippen molar-refractivity contribution < 1.29 is 0 Å². The van der Waals surface area contributed by atoms with Crippen LogP contribution in [0.2, 0.25) is 0 Å². The second-order valence-corrected chi connectivity index (χ2v) is 10.6. The van der Waals surface area contributed by atoms with E-state index in [0.29, 0.717) is 0 Å². The van der Waals surface area contributed by atoms with Crippen molar-refractivity contribution >= 4 is 45.5 Å². The number of hydrogen-bond donors (Lipinski definition) is 0. The van der Waals surface area contributed by atoms with Gasteiger partial charge in [-0.1, -0.05) is 71.8 Å². The van der Waals surface area contributed by atoms with Gasteiger partial charge in [0.1, 0.15) is 0 Å². The number of anilines is 8. The van der Waals surface area contributed by atoms with E-state index in [-0.39, 0.29) is 0 Å². The molecule has 6 aromatic carbocycles. The Bertz CT molecular complexity index is 1580. The van der Waals surface area contributed by atoms with Gasteiger partial charge in [0.15, 0.2) is 0 Å². The molecule has 0 fully saturated rings. The van der Waals surface area contributed by atoms with Gasteiger partial charge in [-0.15, -0.1) is 0 Å². The zero-order valence-corrected chi connectivity index (χ0v) is 24.4. The average Bonchev–Trinajstić information content (AvgIpc) is 3.05. The van der Waals surface area contributed by atoms with Crippen LogP contribution in [-0.2, 0) is 0 Å². The standard InChI is InChI=1S/C39H35N3/c1-30-14-18-36(19-15-30)41(34-10-6-4-7-11-34)38-26-22-32(23-27-38)40(3)33-24-28-39(29-25-33)42(35-12-8-5-9-13-35)37-20-16-31(2)17-21-37/h4-29H,1-3H3. The molecule has 206 valence electrons. The minimum atomic E-state index is 1.12. The zero-order valence-electron chi connectivity index (χ0n) is 24.4. The SMILES string of the molecule is Cc1ccc(N(c2ccccc2)c2ccc(N(C)c3ccc(N(c4ccccc4)c4ccc(C)cc4)cc3)cc2)cc1. The average molecular weight is 546 g/mol. The highest BCUT2D eigenvalue weighted by atomic mass is 15.2. The van der Waals surface area contributed by atoms with Gasteiger partial charge in [-0.05, 0) is 111 Å². The number of hydrogen-bond acceptors (Lipinski definition) is 3. The van der Waals surface area contributed by atoms with E-state index in [9.17, 15) is 0 Å². The molecule has 0 heterocycles. The van der Waals surface area contributed by atoms with Gasteiger partial charge in [0.25, 0.3) is 0 Å². The second-order valence-electron chi connectivity index (χ2n) is 10.6. The summed E-state index contributed by atoms with van der Waals surface area (Å²) in [4.78, 5) is 6.81. The Balaban J connectivity index is 1.27. The van der Waals surface area contributed by atoms with Crippen LogP contribution in [0.4, 0.5) is 45.5 Å². The summed E-state index contributed by atoms with van der Waals surface area (Å²) in [6.45, 7) is 4.24. The molecule has 0 saturated carbocycles. The number of aryl methyl sites for hydroxylation is 2. The summed E-state index contributed by atoms with van der Waals surface area (Å²) in [7, 11) is 2.12. The zero-order chi connectivity index (χ0) is 28.9.